The zero-order chi connectivity index (χ0) is 25.1. The number of carboxylic acids is 1. The molecule has 1 aliphatic rings. The molecule has 3 N–H and O–H groups in total. The number of carboxylic acid groups (broad SMARTS) is 1. The number of fused-ring (bicyclic) bond motifs is 3. The van der Waals surface area contributed by atoms with Crippen LogP contribution in [0, 0.1) is 5.41 Å². The second-order valence-corrected chi connectivity index (χ2v) is 10.3. The average Bonchev–Trinajstić information content (AvgIpc) is 3.10. The molecule has 7 nitrogen and oxygen atoms in total. The molecule has 3 rings (SSSR count). The molecule has 0 saturated heterocycles. The zero-order valence-corrected chi connectivity index (χ0v) is 20.5. The van der Waals surface area contributed by atoms with Gasteiger partial charge < -0.3 is 20.5 Å². The molecule has 0 heterocycles. The zero-order valence-electron chi connectivity index (χ0n) is 20.5. The first kappa shape index (κ1) is 25.3. The maximum atomic E-state index is 13.0. The number of hydrogen-bond acceptors (Lipinski definition) is 4. The van der Waals surface area contributed by atoms with Gasteiger partial charge in [0.1, 0.15) is 18.2 Å². The summed E-state index contributed by atoms with van der Waals surface area (Å²) in [6.07, 6.45) is -0.177. The molecule has 0 spiro atoms. The number of aliphatic carboxylic acids is 1. The Hall–Kier alpha value is -3.35. The van der Waals surface area contributed by atoms with Crippen LogP contribution in [0.25, 0.3) is 11.1 Å². The summed E-state index contributed by atoms with van der Waals surface area (Å²) in [5, 5.41) is 14.8. The van der Waals surface area contributed by atoms with Gasteiger partial charge in [0.25, 0.3) is 0 Å². The summed E-state index contributed by atoms with van der Waals surface area (Å²) in [4.78, 5) is 37.4. The number of carbonyl (C=O) groups is 3. The third kappa shape index (κ3) is 5.58. The maximum Gasteiger partial charge on any atom is 0.407 e. The predicted octanol–water partition coefficient (Wildman–Crippen LogP) is 4.70. The molecule has 0 aliphatic heterocycles. The van der Waals surface area contributed by atoms with Crippen LogP contribution >= 0.6 is 0 Å². The molecule has 0 bridgehead atoms. The second-order valence-electron chi connectivity index (χ2n) is 10.3. The van der Waals surface area contributed by atoms with Gasteiger partial charge in [-0.1, -0.05) is 76.2 Å². The molecule has 182 valence electrons. The van der Waals surface area contributed by atoms with Crippen LogP contribution in [0.5, 0.6) is 0 Å². The molecular formula is C27H34N2O5. The molecule has 0 saturated carbocycles. The number of amides is 2. The lowest BCUT2D eigenvalue weighted by atomic mass is 9.87. The lowest BCUT2D eigenvalue weighted by Gasteiger charge is -2.30. The van der Waals surface area contributed by atoms with E-state index in [2.05, 4.69) is 22.8 Å². The van der Waals surface area contributed by atoms with Crippen molar-refractivity contribution in [3.63, 3.8) is 0 Å². The maximum absolute atomic E-state index is 13.0. The van der Waals surface area contributed by atoms with E-state index in [1.807, 2.05) is 57.2 Å². The van der Waals surface area contributed by atoms with Crippen LogP contribution < -0.4 is 10.6 Å². The van der Waals surface area contributed by atoms with Crippen LogP contribution in [0.1, 0.15) is 64.5 Å². The predicted molar refractivity (Wildman–Crippen MR) is 131 cm³/mol. The van der Waals surface area contributed by atoms with E-state index in [1.54, 1.807) is 6.92 Å². The lowest BCUT2D eigenvalue weighted by molar-refractivity contribution is -0.147. The van der Waals surface area contributed by atoms with Crippen LogP contribution in [-0.4, -0.2) is 41.3 Å². The summed E-state index contributed by atoms with van der Waals surface area (Å²) in [5.41, 5.74) is 2.75. The van der Waals surface area contributed by atoms with Gasteiger partial charge in [0.2, 0.25) is 5.91 Å². The highest BCUT2D eigenvalue weighted by atomic mass is 16.5. The van der Waals surface area contributed by atoms with Gasteiger partial charge in [-0.25, -0.2) is 9.59 Å². The molecule has 2 aromatic rings. The first-order chi connectivity index (χ1) is 15.9. The third-order valence-corrected chi connectivity index (χ3v) is 6.35. The average molecular weight is 467 g/mol. The number of hydrogen-bond donors (Lipinski definition) is 3. The van der Waals surface area contributed by atoms with E-state index in [-0.39, 0.29) is 24.4 Å². The molecule has 0 radical (unpaired) electrons. The van der Waals surface area contributed by atoms with E-state index in [0.29, 0.717) is 6.42 Å². The summed E-state index contributed by atoms with van der Waals surface area (Å²) in [6.45, 7) is 9.11. The Bertz CT molecular complexity index is 1030. The molecule has 0 aromatic heterocycles. The fourth-order valence-electron chi connectivity index (χ4n) is 4.26. The Kier molecular flexibility index (Phi) is 7.34. The minimum atomic E-state index is -1.42. The highest BCUT2D eigenvalue weighted by Gasteiger charge is 2.37. The van der Waals surface area contributed by atoms with Gasteiger partial charge >= 0.3 is 12.1 Å². The van der Waals surface area contributed by atoms with Crippen molar-refractivity contribution in [2.24, 2.45) is 5.41 Å². The van der Waals surface area contributed by atoms with Gasteiger partial charge in [0.05, 0.1) is 0 Å². The molecule has 34 heavy (non-hydrogen) atoms. The molecular weight excluding hydrogens is 432 g/mol. The van der Waals surface area contributed by atoms with Crippen molar-refractivity contribution in [3.8, 4) is 11.1 Å². The molecule has 2 aromatic carbocycles. The van der Waals surface area contributed by atoms with Crippen molar-refractivity contribution < 1.29 is 24.2 Å². The van der Waals surface area contributed by atoms with E-state index in [9.17, 15) is 19.5 Å². The standard InChI is InChI=1S/C27H34N2O5/c1-6-27(5,24(31)32)29-23(30)22(15-26(2,3)4)28-25(33)34-16-21-19-13-9-7-11-17(19)18-12-8-10-14-20(18)21/h7-14,21-22H,6,15-16H2,1-5H3,(H,28,33)(H,29,30)(H,31,32). The summed E-state index contributed by atoms with van der Waals surface area (Å²) in [7, 11) is 0. The number of carbonyl (C=O) groups excluding carboxylic acids is 2. The van der Waals surface area contributed by atoms with E-state index in [4.69, 9.17) is 4.74 Å². The highest BCUT2D eigenvalue weighted by Crippen LogP contribution is 2.44. The third-order valence-electron chi connectivity index (χ3n) is 6.35. The number of rotatable bonds is 8. The minimum Gasteiger partial charge on any atom is -0.480 e. The monoisotopic (exact) mass is 466 g/mol. The van der Waals surface area contributed by atoms with E-state index >= 15 is 0 Å². The number of alkyl carbamates (subject to hydrolysis) is 1. The van der Waals surface area contributed by atoms with Crippen molar-refractivity contribution in [3.05, 3.63) is 59.7 Å². The molecule has 2 atom stereocenters. The first-order valence-electron chi connectivity index (χ1n) is 11.6. The fraction of sp³-hybridized carbons (Fsp3) is 0.444. The SMILES string of the molecule is CCC(C)(NC(=O)C(CC(C)(C)C)NC(=O)OCC1c2ccccc2-c2ccccc21)C(=O)O. The van der Waals surface area contributed by atoms with E-state index in [0.717, 1.165) is 22.3 Å². The largest absolute Gasteiger partial charge is 0.480 e. The molecule has 7 heteroatoms. The molecule has 1 aliphatic carbocycles. The van der Waals surface area contributed by atoms with Crippen LogP contribution in [0.3, 0.4) is 0 Å². The van der Waals surface area contributed by atoms with E-state index in [1.165, 1.54) is 6.92 Å². The topological polar surface area (TPSA) is 105 Å². The van der Waals surface area contributed by atoms with Gasteiger partial charge in [-0.15, -0.1) is 0 Å². The Morgan fingerprint density at radius 1 is 0.971 bits per heavy atom. The van der Waals surface area contributed by atoms with Gasteiger partial charge in [-0.05, 0) is 47.4 Å². The van der Waals surface area contributed by atoms with Crippen LogP contribution in [0.4, 0.5) is 4.79 Å². The number of nitrogens with one attached hydrogen (secondary N) is 2. The highest BCUT2D eigenvalue weighted by molar-refractivity contribution is 5.91. The first-order valence-corrected chi connectivity index (χ1v) is 11.6. The smallest absolute Gasteiger partial charge is 0.407 e. The normalized spacial score (nSPS) is 15.4. The van der Waals surface area contributed by atoms with Gasteiger partial charge in [-0.3, -0.25) is 4.79 Å². The van der Waals surface area contributed by atoms with Crippen molar-refractivity contribution in [1.29, 1.82) is 0 Å². The Balaban J connectivity index is 1.72. The fourth-order valence-corrected chi connectivity index (χ4v) is 4.26. The molecule has 2 amide bonds. The molecule has 2 unspecified atom stereocenters. The lowest BCUT2D eigenvalue weighted by Crippen LogP contribution is -2.58. The van der Waals surface area contributed by atoms with Crippen LogP contribution in [0.2, 0.25) is 0 Å². The Morgan fingerprint density at radius 3 is 1.97 bits per heavy atom. The molecule has 0 fully saturated rings. The minimum absolute atomic E-state index is 0.0940. The van der Waals surface area contributed by atoms with Crippen molar-refractivity contribution in [2.45, 2.75) is 65.0 Å². The Morgan fingerprint density at radius 2 is 1.50 bits per heavy atom. The van der Waals surface area contributed by atoms with Gasteiger partial charge in [-0.2, -0.15) is 0 Å². The van der Waals surface area contributed by atoms with Crippen LogP contribution in [0.15, 0.2) is 48.5 Å². The van der Waals surface area contributed by atoms with Gasteiger partial charge in [0.15, 0.2) is 0 Å². The Labute approximate surface area is 200 Å². The number of benzene rings is 2. The summed E-state index contributed by atoms with van der Waals surface area (Å²) < 4.78 is 5.59. The van der Waals surface area contributed by atoms with Crippen molar-refractivity contribution in [2.75, 3.05) is 6.61 Å². The number of ether oxygens (including phenoxy) is 1. The summed E-state index contributed by atoms with van der Waals surface area (Å²) in [6, 6.07) is 15.2. The van der Waals surface area contributed by atoms with Crippen molar-refractivity contribution >= 4 is 18.0 Å². The van der Waals surface area contributed by atoms with Crippen molar-refractivity contribution in [1.82, 2.24) is 10.6 Å². The second kappa shape index (κ2) is 9.87. The quantitative estimate of drug-likeness (QED) is 0.523. The summed E-state index contributed by atoms with van der Waals surface area (Å²) >= 11 is 0. The summed E-state index contributed by atoms with van der Waals surface area (Å²) in [5.74, 6) is -1.77. The van der Waals surface area contributed by atoms with E-state index < -0.39 is 29.6 Å². The van der Waals surface area contributed by atoms with Gasteiger partial charge in [0, 0.05) is 5.92 Å². The van der Waals surface area contributed by atoms with Crippen LogP contribution in [-0.2, 0) is 14.3 Å².